The predicted molar refractivity (Wildman–Crippen MR) is 117 cm³/mol. The van der Waals surface area contributed by atoms with Gasteiger partial charge in [0, 0.05) is 36.8 Å². The van der Waals surface area contributed by atoms with E-state index in [-0.39, 0.29) is 0 Å². The Morgan fingerprint density at radius 3 is 2.78 bits per heavy atom. The first kappa shape index (κ1) is 18.1. The summed E-state index contributed by atoms with van der Waals surface area (Å²) in [4.78, 5) is 4.56. The minimum atomic E-state index is 0.745. The average molecular weight is 399 g/mol. The maximum Gasteiger partial charge on any atom is 0.182 e. The van der Waals surface area contributed by atoms with Gasteiger partial charge >= 0.3 is 0 Å². The number of thiazole rings is 1. The molecule has 1 aliphatic heterocycles. The molecule has 1 aromatic heterocycles. The number of hydrogen-bond donors (Lipinski definition) is 3. The molecule has 2 aromatic carbocycles. The number of fused-ring (bicyclic) bond motifs is 1. The Bertz CT molecular complexity index is 920. The van der Waals surface area contributed by atoms with Crippen LogP contribution in [0.3, 0.4) is 0 Å². The molecule has 0 amide bonds. The third-order valence-electron chi connectivity index (χ3n) is 4.87. The minimum absolute atomic E-state index is 0.745. The Kier molecular flexibility index (Phi) is 5.50. The van der Waals surface area contributed by atoms with E-state index in [1.807, 2.05) is 13.1 Å². The summed E-state index contributed by atoms with van der Waals surface area (Å²) >= 11 is 8.12. The van der Waals surface area contributed by atoms with Crippen molar-refractivity contribution in [3.8, 4) is 11.3 Å². The van der Waals surface area contributed by atoms with Gasteiger partial charge in [0.2, 0.25) is 0 Å². The lowest BCUT2D eigenvalue weighted by atomic mass is 10.0. The molecule has 0 bridgehead atoms. The van der Waals surface area contributed by atoms with Gasteiger partial charge in [-0.1, -0.05) is 35.9 Å². The van der Waals surface area contributed by atoms with Crippen LogP contribution in [0.1, 0.15) is 24.0 Å². The van der Waals surface area contributed by atoms with Crippen molar-refractivity contribution in [3.63, 3.8) is 0 Å². The van der Waals surface area contributed by atoms with Gasteiger partial charge in [-0.05, 0) is 42.5 Å². The van der Waals surface area contributed by atoms with E-state index in [0.717, 1.165) is 46.6 Å². The zero-order chi connectivity index (χ0) is 18.6. The number of halogens is 1. The lowest BCUT2D eigenvalue weighted by Crippen LogP contribution is -2.05. The fraction of sp³-hybridized carbons (Fsp3) is 0.286. The molecule has 0 saturated carbocycles. The van der Waals surface area contributed by atoms with E-state index in [1.54, 1.807) is 11.3 Å². The van der Waals surface area contributed by atoms with E-state index in [0.29, 0.717) is 0 Å². The normalized spacial score (nSPS) is 13.4. The summed E-state index contributed by atoms with van der Waals surface area (Å²) in [6.45, 7) is 1.77. The van der Waals surface area contributed by atoms with Crippen molar-refractivity contribution in [3.05, 3.63) is 57.9 Å². The van der Waals surface area contributed by atoms with Gasteiger partial charge in [-0.15, -0.1) is 11.3 Å². The van der Waals surface area contributed by atoms with Crippen LogP contribution in [0.15, 0.2) is 41.8 Å². The van der Waals surface area contributed by atoms with Crippen LogP contribution < -0.4 is 16.0 Å². The van der Waals surface area contributed by atoms with Crippen LogP contribution in [0.25, 0.3) is 11.3 Å². The topological polar surface area (TPSA) is 49.0 Å². The van der Waals surface area contributed by atoms with Crippen molar-refractivity contribution in [2.75, 3.05) is 29.5 Å². The van der Waals surface area contributed by atoms with Crippen LogP contribution in [0.5, 0.6) is 0 Å². The largest absolute Gasteiger partial charge is 0.385 e. The minimum Gasteiger partial charge on any atom is -0.385 e. The van der Waals surface area contributed by atoms with Gasteiger partial charge in [-0.25, -0.2) is 4.98 Å². The Morgan fingerprint density at radius 1 is 1.15 bits per heavy atom. The molecule has 1 aliphatic rings. The molecule has 0 aliphatic carbocycles. The molecular weight excluding hydrogens is 376 g/mol. The first-order valence-corrected chi connectivity index (χ1v) is 10.5. The van der Waals surface area contributed by atoms with E-state index >= 15 is 0 Å². The highest BCUT2D eigenvalue weighted by Gasteiger charge is 2.14. The monoisotopic (exact) mass is 398 g/mol. The predicted octanol–water partition coefficient (Wildman–Crippen LogP) is 5.87. The van der Waals surface area contributed by atoms with Gasteiger partial charge in [-0.2, -0.15) is 0 Å². The molecule has 0 saturated heterocycles. The molecule has 4 nitrogen and oxygen atoms in total. The third kappa shape index (κ3) is 4.04. The van der Waals surface area contributed by atoms with Gasteiger partial charge in [-0.3, -0.25) is 0 Å². The van der Waals surface area contributed by atoms with Gasteiger partial charge in [0.1, 0.15) is 0 Å². The van der Waals surface area contributed by atoms with Crippen LogP contribution >= 0.6 is 22.9 Å². The van der Waals surface area contributed by atoms with Crippen LogP contribution in [0.2, 0.25) is 5.02 Å². The van der Waals surface area contributed by atoms with E-state index in [2.05, 4.69) is 56.6 Å². The van der Waals surface area contributed by atoms with Crippen molar-refractivity contribution >= 4 is 39.4 Å². The zero-order valence-corrected chi connectivity index (χ0v) is 16.9. The fourth-order valence-electron chi connectivity index (χ4n) is 3.39. The molecular formula is C21H23ClN4S. The first-order valence-electron chi connectivity index (χ1n) is 9.26. The summed E-state index contributed by atoms with van der Waals surface area (Å²) in [7, 11) is 1.89. The van der Waals surface area contributed by atoms with Crippen molar-refractivity contribution < 1.29 is 0 Å². The Morgan fingerprint density at radius 2 is 2.00 bits per heavy atom. The summed E-state index contributed by atoms with van der Waals surface area (Å²) in [5.41, 5.74) is 6.93. The van der Waals surface area contributed by atoms with Crippen molar-refractivity contribution in [1.29, 1.82) is 0 Å². The maximum atomic E-state index is 6.50. The molecule has 0 radical (unpaired) electrons. The van der Waals surface area contributed by atoms with E-state index in [1.165, 1.54) is 29.7 Å². The van der Waals surface area contributed by atoms with Crippen LogP contribution in [-0.4, -0.2) is 18.6 Å². The molecule has 27 heavy (non-hydrogen) atoms. The highest BCUT2D eigenvalue weighted by Crippen LogP contribution is 2.35. The summed E-state index contributed by atoms with van der Waals surface area (Å²) in [6.07, 6.45) is 3.44. The number of rotatable bonds is 5. The van der Waals surface area contributed by atoms with Gasteiger partial charge < -0.3 is 16.0 Å². The number of aromatic nitrogens is 1. The smallest absolute Gasteiger partial charge is 0.182 e. The van der Waals surface area contributed by atoms with Gasteiger partial charge in [0.25, 0.3) is 0 Å². The van der Waals surface area contributed by atoms with E-state index in [9.17, 15) is 0 Å². The van der Waals surface area contributed by atoms with Gasteiger partial charge in [0.05, 0.1) is 16.4 Å². The Hall–Kier alpha value is -2.24. The zero-order valence-electron chi connectivity index (χ0n) is 15.3. The standard InChI is InChI=1S/C21H23ClN4S/c1-23-21-26-19(13-27-21)15-7-5-14(6-8-15)12-25-20-16-4-2-3-11-24-18(16)10-9-17(20)22/h5-10,13,24-25H,2-4,11-12H2,1H3,(H,23,26). The molecule has 6 heteroatoms. The summed E-state index contributed by atoms with van der Waals surface area (Å²) in [6, 6.07) is 12.6. The van der Waals surface area contributed by atoms with Crippen LogP contribution in [-0.2, 0) is 13.0 Å². The molecule has 3 aromatic rings. The number of hydrogen-bond acceptors (Lipinski definition) is 5. The third-order valence-corrected chi connectivity index (χ3v) is 6.04. The number of benzene rings is 2. The average Bonchev–Trinajstić information content (AvgIpc) is 3.06. The molecule has 0 atom stereocenters. The Balaban J connectivity index is 1.49. The van der Waals surface area contributed by atoms with E-state index in [4.69, 9.17) is 11.6 Å². The summed E-state index contributed by atoms with van der Waals surface area (Å²) < 4.78 is 0. The lowest BCUT2D eigenvalue weighted by Gasteiger charge is -2.17. The van der Waals surface area contributed by atoms with Crippen molar-refractivity contribution in [2.45, 2.75) is 25.8 Å². The summed E-state index contributed by atoms with van der Waals surface area (Å²) in [5, 5.41) is 14.0. The highest BCUT2D eigenvalue weighted by molar-refractivity contribution is 7.14. The second-order valence-electron chi connectivity index (χ2n) is 6.67. The van der Waals surface area contributed by atoms with Gasteiger partial charge in [0.15, 0.2) is 5.13 Å². The maximum absolute atomic E-state index is 6.50. The second-order valence-corrected chi connectivity index (χ2v) is 7.94. The highest BCUT2D eigenvalue weighted by atomic mass is 35.5. The first-order chi connectivity index (χ1) is 13.2. The molecule has 2 heterocycles. The lowest BCUT2D eigenvalue weighted by molar-refractivity contribution is 0.786. The van der Waals surface area contributed by atoms with Crippen LogP contribution in [0, 0.1) is 0 Å². The quantitative estimate of drug-likeness (QED) is 0.503. The molecule has 4 rings (SSSR count). The van der Waals surface area contributed by atoms with E-state index < -0.39 is 0 Å². The second kappa shape index (κ2) is 8.19. The molecule has 0 spiro atoms. The van der Waals surface area contributed by atoms with Crippen molar-refractivity contribution in [1.82, 2.24) is 4.98 Å². The van der Waals surface area contributed by atoms with Crippen molar-refractivity contribution in [2.24, 2.45) is 0 Å². The number of nitrogens with one attached hydrogen (secondary N) is 3. The molecule has 3 N–H and O–H groups in total. The Labute approximate surface area is 169 Å². The number of nitrogens with zero attached hydrogens (tertiary/aromatic N) is 1. The molecule has 0 fully saturated rings. The molecule has 0 unspecified atom stereocenters. The fourth-order valence-corrected chi connectivity index (χ4v) is 4.32. The number of anilines is 3. The molecule has 140 valence electrons. The SMILES string of the molecule is CNc1nc(-c2ccc(CNc3c(Cl)ccc4c3CCCCN4)cc2)cs1. The van der Waals surface area contributed by atoms with Crippen LogP contribution in [0.4, 0.5) is 16.5 Å². The summed E-state index contributed by atoms with van der Waals surface area (Å²) in [5.74, 6) is 0.